The topological polar surface area (TPSA) is 42.2 Å². The van der Waals surface area contributed by atoms with Crippen molar-refractivity contribution in [2.75, 3.05) is 18.0 Å². The van der Waals surface area contributed by atoms with Crippen molar-refractivity contribution < 1.29 is 0 Å². The molecule has 1 saturated heterocycles. The van der Waals surface area contributed by atoms with Gasteiger partial charge >= 0.3 is 0 Å². The summed E-state index contributed by atoms with van der Waals surface area (Å²) in [5.41, 5.74) is 7.44. The first-order valence-electron chi connectivity index (χ1n) is 5.59. The highest BCUT2D eigenvalue weighted by Gasteiger charge is 2.43. The summed E-state index contributed by atoms with van der Waals surface area (Å²) in [5, 5.41) is 0. The van der Waals surface area contributed by atoms with Gasteiger partial charge in [-0.3, -0.25) is 0 Å². The highest BCUT2D eigenvalue weighted by Crippen LogP contribution is 2.34. The Kier molecular flexibility index (Phi) is 2.97. The number of rotatable bonds is 2. The minimum Gasteiger partial charge on any atom is -0.352 e. The van der Waals surface area contributed by atoms with Gasteiger partial charge in [0.05, 0.1) is 10.0 Å². The predicted molar refractivity (Wildman–Crippen MR) is 70.6 cm³/mol. The van der Waals surface area contributed by atoms with Gasteiger partial charge in [-0.1, -0.05) is 13.8 Å². The summed E-state index contributed by atoms with van der Waals surface area (Å²) in [4.78, 5) is 6.64. The number of hydrogen-bond donors (Lipinski definition) is 1. The number of pyridine rings is 1. The molecule has 0 radical (unpaired) electrons. The number of nitrogens with two attached hydrogens (primary N) is 1. The SMILES string of the molecule is Cc1ccnc(N2CC(N)(C(C)C)C2)c1Br. The maximum atomic E-state index is 6.28. The Labute approximate surface area is 105 Å². The van der Waals surface area contributed by atoms with Crippen LogP contribution in [0.15, 0.2) is 16.7 Å². The van der Waals surface area contributed by atoms with Gasteiger partial charge in [0.15, 0.2) is 0 Å². The molecule has 0 unspecified atom stereocenters. The smallest absolute Gasteiger partial charge is 0.143 e. The highest BCUT2D eigenvalue weighted by atomic mass is 79.9. The van der Waals surface area contributed by atoms with Crippen LogP contribution >= 0.6 is 15.9 Å². The Morgan fingerprint density at radius 2 is 2.12 bits per heavy atom. The molecule has 0 aromatic carbocycles. The predicted octanol–water partition coefficient (Wildman–Crippen LogP) is 2.33. The molecule has 0 aliphatic carbocycles. The van der Waals surface area contributed by atoms with Crippen LogP contribution in [0.1, 0.15) is 19.4 Å². The van der Waals surface area contributed by atoms with E-state index in [1.54, 1.807) is 0 Å². The summed E-state index contributed by atoms with van der Waals surface area (Å²) in [6.45, 7) is 8.21. The standard InChI is InChI=1S/C12H18BrN3/c1-8(2)12(14)6-16(7-12)11-10(13)9(3)4-5-15-11/h4-5,8H,6-7,14H2,1-3H3. The molecule has 16 heavy (non-hydrogen) atoms. The number of anilines is 1. The average molecular weight is 284 g/mol. The third-order valence-electron chi connectivity index (χ3n) is 3.48. The molecular formula is C12H18BrN3. The maximum absolute atomic E-state index is 6.28. The van der Waals surface area contributed by atoms with Gasteiger partial charge in [0.2, 0.25) is 0 Å². The van der Waals surface area contributed by atoms with E-state index in [9.17, 15) is 0 Å². The first-order chi connectivity index (χ1) is 7.44. The van der Waals surface area contributed by atoms with Crippen molar-refractivity contribution in [3.8, 4) is 0 Å². The van der Waals surface area contributed by atoms with Crippen LogP contribution in [0.25, 0.3) is 0 Å². The molecule has 4 heteroatoms. The molecule has 88 valence electrons. The van der Waals surface area contributed by atoms with E-state index in [0.29, 0.717) is 5.92 Å². The summed E-state index contributed by atoms with van der Waals surface area (Å²) < 4.78 is 1.08. The van der Waals surface area contributed by atoms with Crippen LogP contribution in [-0.2, 0) is 0 Å². The highest BCUT2D eigenvalue weighted by molar-refractivity contribution is 9.10. The molecule has 1 aliphatic rings. The number of nitrogens with zero attached hydrogens (tertiary/aromatic N) is 2. The van der Waals surface area contributed by atoms with Crippen molar-refractivity contribution in [1.82, 2.24) is 4.98 Å². The Bertz CT molecular complexity index is 397. The lowest BCUT2D eigenvalue weighted by Gasteiger charge is -2.51. The van der Waals surface area contributed by atoms with E-state index in [0.717, 1.165) is 23.4 Å². The Hall–Kier alpha value is -0.610. The van der Waals surface area contributed by atoms with Gasteiger partial charge in [0, 0.05) is 19.3 Å². The Balaban J connectivity index is 2.16. The van der Waals surface area contributed by atoms with Crippen molar-refractivity contribution >= 4 is 21.7 Å². The second kappa shape index (κ2) is 4.00. The molecule has 2 heterocycles. The minimum atomic E-state index is -0.0507. The van der Waals surface area contributed by atoms with E-state index in [1.807, 2.05) is 12.3 Å². The maximum Gasteiger partial charge on any atom is 0.143 e. The summed E-state index contributed by atoms with van der Waals surface area (Å²) in [6.07, 6.45) is 1.85. The van der Waals surface area contributed by atoms with E-state index >= 15 is 0 Å². The van der Waals surface area contributed by atoms with Gasteiger partial charge in [0.1, 0.15) is 5.82 Å². The molecular weight excluding hydrogens is 266 g/mol. The van der Waals surface area contributed by atoms with Crippen LogP contribution in [0.3, 0.4) is 0 Å². The molecule has 0 spiro atoms. The number of hydrogen-bond acceptors (Lipinski definition) is 3. The van der Waals surface area contributed by atoms with Crippen molar-refractivity contribution in [2.24, 2.45) is 11.7 Å². The summed E-state index contributed by atoms with van der Waals surface area (Å²) in [5.74, 6) is 1.52. The van der Waals surface area contributed by atoms with E-state index in [-0.39, 0.29) is 5.54 Å². The molecule has 2 rings (SSSR count). The van der Waals surface area contributed by atoms with Gasteiger partial charge in [-0.05, 0) is 40.4 Å². The Morgan fingerprint density at radius 1 is 1.50 bits per heavy atom. The molecule has 1 aromatic rings. The first kappa shape index (κ1) is 11.9. The lowest BCUT2D eigenvalue weighted by atomic mass is 9.80. The van der Waals surface area contributed by atoms with Crippen LogP contribution in [-0.4, -0.2) is 23.6 Å². The largest absolute Gasteiger partial charge is 0.352 e. The van der Waals surface area contributed by atoms with Gasteiger partial charge in [-0.25, -0.2) is 4.98 Å². The van der Waals surface area contributed by atoms with Gasteiger partial charge < -0.3 is 10.6 Å². The van der Waals surface area contributed by atoms with Gasteiger partial charge in [0.25, 0.3) is 0 Å². The van der Waals surface area contributed by atoms with Crippen LogP contribution in [0, 0.1) is 12.8 Å². The second-order valence-electron chi connectivity index (χ2n) is 5.01. The van der Waals surface area contributed by atoms with Gasteiger partial charge in [-0.2, -0.15) is 0 Å². The van der Waals surface area contributed by atoms with E-state index in [4.69, 9.17) is 5.73 Å². The van der Waals surface area contributed by atoms with Crippen molar-refractivity contribution in [2.45, 2.75) is 26.3 Å². The van der Waals surface area contributed by atoms with Crippen LogP contribution in [0.5, 0.6) is 0 Å². The van der Waals surface area contributed by atoms with Crippen LogP contribution in [0.4, 0.5) is 5.82 Å². The minimum absolute atomic E-state index is 0.0507. The average Bonchev–Trinajstić information content (AvgIpc) is 2.17. The molecule has 3 nitrogen and oxygen atoms in total. The first-order valence-corrected chi connectivity index (χ1v) is 6.38. The molecule has 1 aliphatic heterocycles. The monoisotopic (exact) mass is 283 g/mol. The third kappa shape index (κ3) is 1.84. The Morgan fingerprint density at radius 3 is 2.69 bits per heavy atom. The zero-order valence-corrected chi connectivity index (χ0v) is 11.6. The number of aromatic nitrogens is 1. The normalized spacial score (nSPS) is 18.8. The summed E-state index contributed by atoms with van der Waals surface area (Å²) in [7, 11) is 0. The van der Waals surface area contributed by atoms with Crippen molar-refractivity contribution in [3.63, 3.8) is 0 Å². The summed E-state index contributed by atoms with van der Waals surface area (Å²) >= 11 is 3.59. The molecule has 0 bridgehead atoms. The zero-order valence-electron chi connectivity index (χ0n) is 10.00. The van der Waals surface area contributed by atoms with E-state index in [2.05, 4.69) is 46.6 Å². The lowest BCUT2D eigenvalue weighted by Crippen LogP contribution is -2.70. The molecule has 0 atom stereocenters. The fourth-order valence-corrected chi connectivity index (χ4v) is 2.41. The quantitative estimate of drug-likeness (QED) is 0.906. The number of aryl methyl sites for hydroxylation is 1. The van der Waals surface area contributed by atoms with E-state index < -0.39 is 0 Å². The third-order valence-corrected chi connectivity index (χ3v) is 4.46. The van der Waals surface area contributed by atoms with Crippen LogP contribution in [0.2, 0.25) is 0 Å². The molecule has 0 amide bonds. The number of halogens is 1. The van der Waals surface area contributed by atoms with Crippen molar-refractivity contribution in [3.05, 3.63) is 22.3 Å². The molecule has 0 saturated carbocycles. The molecule has 1 fully saturated rings. The van der Waals surface area contributed by atoms with Crippen LogP contribution < -0.4 is 10.6 Å². The lowest BCUT2D eigenvalue weighted by molar-refractivity contribution is 0.243. The zero-order chi connectivity index (χ0) is 11.9. The van der Waals surface area contributed by atoms with Gasteiger partial charge in [-0.15, -0.1) is 0 Å². The fourth-order valence-electron chi connectivity index (χ4n) is 1.93. The van der Waals surface area contributed by atoms with E-state index in [1.165, 1.54) is 5.56 Å². The second-order valence-corrected chi connectivity index (χ2v) is 5.80. The fraction of sp³-hybridized carbons (Fsp3) is 0.583. The molecule has 1 aromatic heterocycles. The molecule has 2 N–H and O–H groups in total. The summed E-state index contributed by atoms with van der Waals surface area (Å²) in [6, 6.07) is 2.01. The van der Waals surface area contributed by atoms with Crippen molar-refractivity contribution in [1.29, 1.82) is 0 Å².